The van der Waals surface area contributed by atoms with Gasteiger partial charge in [0.1, 0.15) is 0 Å². The molecule has 6 nitrogen and oxygen atoms in total. The fraction of sp³-hybridized carbons (Fsp3) is 0.0270. The quantitative estimate of drug-likeness (QED) is 0.136. The Morgan fingerprint density at radius 2 is 0.614 bits per heavy atom. The Balaban J connectivity index is 1.41. The molecule has 0 radical (unpaired) electrons. The van der Waals surface area contributed by atoms with E-state index >= 15 is 0 Å². The van der Waals surface area contributed by atoms with Crippen LogP contribution >= 0.6 is 11.8 Å². The van der Waals surface area contributed by atoms with E-state index in [0.29, 0.717) is 5.16 Å². The first-order chi connectivity index (χ1) is 21.7. The van der Waals surface area contributed by atoms with Crippen molar-refractivity contribution in [1.29, 1.82) is 0 Å². The second kappa shape index (κ2) is 12.4. The van der Waals surface area contributed by atoms with Gasteiger partial charge in [0.15, 0.2) is 5.16 Å². The molecule has 210 valence electrons. The van der Waals surface area contributed by atoms with Gasteiger partial charge >= 0.3 is 0 Å². The molecule has 5 heterocycles. The van der Waals surface area contributed by atoms with Crippen molar-refractivity contribution < 1.29 is 0 Å². The van der Waals surface area contributed by atoms with Crippen molar-refractivity contribution in [1.82, 2.24) is 29.9 Å². The van der Waals surface area contributed by atoms with E-state index in [1.54, 1.807) is 0 Å². The second-order valence-electron chi connectivity index (χ2n) is 10.2. The molecule has 7 aromatic rings. The summed E-state index contributed by atoms with van der Waals surface area (Å²) >= 11 is 1.53. The maximum atomic E-state index is 4.99. The van der Waals surface area contributed by atoms with Gasteiger partial charge in [-0.15, -0.1) is 0 Å². The number of rotatable bonds is 7. The molecular formula is C37H26N6S. The minimum Gasteiger partial charge on any atom is -0.265 e. The average molecular weight is 587 g/mol. The lowest BCUT2D eigenvalue weighted by molar-refractivity contribution is 0.982. The highest BCUT2D eigenvalue weighted by molar-refractivity contribution is 7.98. The molecule has 0 aliphatic heterocycles. The van der Waals surface area contributed by atoms with E-state index in [2.05, 4.69) is 62.4 Å². The molecule has 0 N–H and O–H groups in total. The van der Waals surface area contributed by atoms with Crippen molar-refractivity contribution in [3.63, 3.8) is 0 Å². The second-order valence-corrected chi connectivity index (χ2v) is 10.9. The summed E-state index contributed by atoms with van der Waals surface area (Å²) in [7, 11) is 0. The molecule has 2 aromatic carbocycles. The van der Waals surface area contributed by atoms with Crippen LogP contribution < -0.4 is 0 Å². The van der Waals surface area contributed by atoms with Crippen molar-refractivity contribution in [2.45, 2.75) is 5.16 Å². The summed E-state index contributed by atoms with van der Waals surface area (Å²) < 4.78 is 0. The van der Waals surface area contributed by atoms with Crippen molar-refractivity contribution in [2.24, 2.45) is 0 Å². The number of pyridine rings is 4. The molecule has 0 atom stereocenters. The van der Waals surface area contributed by atoms with E-state index in [1.165, 1.54) is 11.8 Å². The molecule has 0 amide bonds. The highest BCUT2D eigenvalue weighted by Gasteiger charge is 2.14. The number of aromatic nitrogens is 6. The van der Waals surface area contributed by atoms with Gasteiger partial charge in [0.25, 0.3) is 0 Å². The number of thioether (sulfide) groups is 1. The Hall–Kier alpha value is -5.53. The lowest BCUT2D eigenvalue weighted by Crippen LogP contribution is -1.96. The van der Waals surface area contributed by atoms with Gasteiger partial charge in [-0.05, 0) is 142 Å². The van der Waals surface area contributed by atoms with Crippen LogP contribution in [0.2, 0.25) is 0 Å². The van der Waals surface area contributed by atoms with Crippen LogP contribution in [-0.4, -0.2) is 36.2 Å². The first kappa shape index (κ1) is 27.3. The zero-order valence-corrected chi connectivity index (χ0v) is 24.7. The molecule has 7 heteroatoms. The smallest absolute Gasteiger partial charge is 0.188 e. The van der Waals surface area contributed by atoms with Crippen molar-refractivity contribution in [3.05, 3.63) is 141 Å². The topological polar surface area (TPSA) is 77.3 Å². The van der Waals surface area contributed by atoms with Gasteiger partial charge in [-0.25, -0.2) is 9.97 Å². The zero-order chi connectivity index (χ0) is 29.7. The van der Waals surface area contributed by atoms with Crippen molar-refractivity contribution in [3.8, 4) is 67.0 Å². The lowest BCUT2D eigenvalue weighted by atomic mass is 9.94. The van der Waals surface area contributed by atoms with Crippen LogP contribution in [0.25, 0.3) is 67.0 Å². The zero-order valence-electron chi connectivity index (χ0n) is 23.9. The summed E-state index contributed by atoms with van der Waals surface area (Å²) in [6.07, 6.45) is 16.6. The van der Waals surface area contributed by atoms with E-state index in [-0.39, 0.29) is 0 Å². The SMILES string of the molecule is CSc1nc(-c2cc(-c3ccncc3)cc(-c3ccncc3)c2)cc(-c2cc(-c3ccncc3)cc(-c3ccncc3)c2)n1. The fourth-order valence-corrected chi connectivity index (χ4v) is 5.59. The van der Waals surface area contributed by atoms with E-state index in [4.69, 9.17) is 9.97 Å². The van der Waals surface area contributed by atoms with Crippen molar-refractivity contribution >= 4 is 11.8 Å². The summed E-state index contributed by atoms with van der Waals surface area (Å²) in [4.78, 5) is 26.9. The number of hydrogen-bond donors (Lipinski definition) is 0. The van der Waals surface area contributed by atoms with Gasteiger partial charge in [0, 0.05) is 60.7 Å². The first-order valence-electron chi connectivity index (χ1n) is 14.1. The molecule has 0 saturated heterocycles. The van der Waals surface area contributed by atoms with E-state index in [9.17, 15) is 0 Å². The van der Waals surface area contributed by atoms with E-state index in [0.717, 1.165) is 67.0 Å². The largest absolute Gasteiger partial charge is 0.265 e. The Morgan fingerprint density at radius 3 is 0.886 bits per heavy atom. The Morgan fingerprint density at radius 1 is 0.341 bits per heavy atom. The highest BCUT2D eigenvalue weighted by atomic mass is 32.2. The lowest BCUT2D eigenvalue weighted by Gasteiger charge is -2.14. The average Bonchev–Trinajstić information content (AvgIpc) is 3.12. The van der Waals surface area contributed by atoms with E-state index in [1.807, 2.05) is 104 Å². The molecule has 0 aliphatic rings. The third-order valence-corrected chi connectivity index (χ3v) is 7.95. The number of benzene rings is 2. The van der Waals surface area contributed by atoms with Crippen LogP contribution in [0.5, 0.6) is 0 Å². The summed E-state index contributed by atoms with van der Waals surface area (Å²) in [5.74, 6) is 0. The molecule has 44 heavy (non-hydrogen) atoms. The van der Waals surface area contributed by atoms with Gasteiger partial charge in [0.05, 0.1) is 11.4 Å². The molecule has 0 bridgehead atoms. The maximum Gasteiger partial charge on any atom is 0.188 e. The predicted octanol–water partition coefficient (Wildman–Crippen LogP) is 8.78. The summed E-state index contributed by atoms with van der Waals surface area (Å²) in [5.41, 5.74) is 12.4. The molecule has 0 aliphatic carbocycles. The van der Waals surface area contributed by atoms with Crippen LogP contribution in [0.1, 0.15) is 0 Å². The number of hydrogen-bond acceptors (Lipinski definition) is 7. The molecule has 7 rings (SSSR count). The Bertz CT molecular complexity index is 1780. The maximum absolute atomic E-state index is 4.99. The van der Waals surface area contributed by atoms with Gasteiger partial charge in [-0.1, -0.05) is 11.8 Å². The third-order valence-electron chi connectivity index (χ3n) is 7.40. The van der Waals surface area contributed by atoms with Crippen LogP contribution in [0.3, 0.4) is 0 Å². The van der Waals surface area contributed by atoms with Crippen LogP contribution in [-0.2, 0) is 0 Å². The van der Waals surface area contributed by atoms with Crippen molar-refractivity contribution in [2.75, 3.05) is 6.26 Å². The Kier molecular flexibility index (Phi) is 7.68. The minimum absolute atomic E-state index is 0.706. The first-order valence-corrected chi connectivity index (χ1v) is 15.3. The number of nitrogens with zero attached hydrogens (tertiary/aromatic N) is 6. The molecule has 0 spiro atoms. The summed E-state index contributed by atoms with van der Waals surface area (Å²) in [6, 6.07) is 31.4. The third kappa shape index (κ3) is 5.86. The van der Waals surface area contributed by atoms with Crippen LogP contribution in [0.4, 0.5) is 0 Å². The van der Waals surface area contributed by atoms with Crippen LogP contribution in [0.15, 0.2) is 146 Å². The minimum atomic E-state index is 0.706. The highest BCUT2D eigenvalue weighted by Crippen LogP contribution is 2.36. The summed E-state index contributed by atoms with van der Waals surface area (Å²) in [6.45, 7) is 0. The molecule has 0 saturated carbocycles. The standard InChI is InChI=1S/C37H26N6S/c1-44-37-42-35(33-20-29(25-2-10-38-11-3-25)18-30(21-33)26-4-12-39-13-5-26)24-36(43-37)34-22-31(27-6-14-40-15-7-27)19-32(23-34)28-8-16-41-17-9-28/h2-24H,1H3. The van der Waals surface area contributed by atoms with Gasteiger partial charge in [0.2, 0.25) is 0 Å². The Labute approximate surface area is 260 Å². The molecular weight excluding hydrogens is 561 g/mol. The molecule has 0 unspecified atom stereocenters. The van der Waals surface area contributed by atoms with Crippen LogP contribution in [0, 0.1) is 0 Å². The van der Waals surface area contributed by atoms with Gasteiger partial charge < -0.3 is 0 Å². The molecule has 5 aromatic heterocycles. The van der Waals surface area contributed by atoms with Gasteiger partial charge in [-0.2, -0.15) is 0 Å². The van der Waals surface area contributed by atoms with Gasteiger partial charge in [-0.3, -0.25) is 19.9 Å². The molecule has 0 fully saturated rings. The predicted molar refractivity (Wildman–Crippen MR) is 178 cm³/mol. The normalized spacial score (nSPS) is 10.9. The fourth-order valence-electron chi connectivity index (χ4n) is 5.21. The monoisotopic (exact) mass is 586 g/mol. The summed E-state index contributed by atoms with van der Waals surface area (Å²) in [5, 5.41) is 0.706. The van der Waals surface area contributed by atoms with E-state index < -0.39 is 0 Å².